The van der Waals surface area contributed by atoms with Gasteiger partial charge in [0, 0.05) is 11.3 Å². The Bertz CT molecular complexity index is 1070. The molecule has 0 bridgehead atoms. The monoisotopic (exact) mass is 412 g/mol. The first-order valence-electron chi connectivity index (χ1n) is 7.63. The fraction of sp³-hybridized carbons (Fsp3) is 0.0526. The summed E-state index contributed by atoms with van der Waals surface area (Å²) in [7, 11) is 0. The number of hydrogen-bond donors (Lipinski definition) is 1. The highest BCUT2D eigenvalue weighted by Gasteiger charge is 2.11. The molecule has 0 aliphatic carbocycles. The minimum absolute atomic E-state index is 0.262. The highest BCUT2D eigenvalue weighted by Crippen LogP contribution is 2.31. The number of carbonyl (C=O) groups excluding carboxylic acids is 1. The Hall–Kier alpha value is -2.44. The Morgan fingerprint density at radius 1 is 1.12 bits per heavy atom. The van der Waals surface area contributed by atoms with Crippen LogP contribution in [0.25, 0.3) is 20.8 Å². The number of nitrogens with one attached hydrogen (secondary N) is 1. The number of amides is 1. The van der Waals surface area contributed by atoms with Gasteiger partial charge in [-0.05, 0) is 76.9 Å². The number of carbonyl (C=O) groups is 1. The van der Waals surface area contributed by atoms with Crippen LogP contribution in [0.3, 0.4) is 0 Å². The second-order valence-electron chi connectivity index (χ2n) is 5.63. The molecule has 0 unspecified atom stereocenters. The molecular weight excluding hydrogens is 400 g/mol. The van der Waals surface area contributed by atoms with Gasteiger partial charge >= 0.3 is 0 Å². The summed E-state index contributed by atoms with van der Waals surface area (Å²) in [4.78, 5) is 16.8. The van der Waals surface area contributed by atoms with Crippen molar-refractivity contribution in [1.29, 1.82) is 0 Å². The van der Waals surface area contributed by atoms with E-state index in [4.69, 9.17) is 4.42 Å². The summed E-state index contributed by atoms with van der Waals surface area (Å²) in [6.07, 6.45) is 0. The van der Waals surface area contributed by atoms with Crippen LogP contribution in [0.15, 0.2) is 63.7 Å². The van der Waals surface area contributed by atoms with Crippen molar-refractivity contribution in [2.75, 3.05) is 5.32 Å². The van der Waals surface area contributed by atoms with Crippen molar-refractivity contribution in [2.24, 2.45) is 0 Å². The number of thiazole rings is 1. The van der Waals surface area contributed by atoms with Crippen molar-refractivity contribution in [2.45, 2.75) is 6.92 Å². The molecule has 25 heavy (non-hydrogen) atoms. The second-order valence-corrected chi connectivity index (χ2v) is 7.44. The molecule has 0 saturated heterocycles. The highest BCUT2D eigenvalue weighted by molar-refractivity contribution is 9.10. The molecule has 2 heterocycles. The molecule has 4 nitrogen and oxygen atoms in total. The maximum Gasteiger partial charge on any atom is 0.291 e. The van der Waals surface area contributed by atoms with Crippen molar-refractivity contribution in [3.8, 4) is 10.6 Å². The predicted molar refractivity (Wildman–Crippen MR) is 104 cm³/mol. The number of fused-ring (bicyclic) bond motifs is 1. The van der Waals surface area contributed by atoms with Gasteiger partial charge in [0.05, 0.1) is 10.2 Å². The van der Waals surface area contributed by atoms with Gasteiger partial charge in [0.25, 0.3) is 5.91 Å². The van der Waals surface area contributed by atoms with Crippen molar-refractivity contribution < 1.29 is 9.21 Å². The lowest BCUT2D eigenvalue weighted by Crippen LogP contribution is -2.10. The van der Waals surface area contributed by atoms with Crippen LogP contribution in [0.1, 0.15) is 16.1 Å². The summed E-state index contributed by atoms with van der Waals surface area (Å²) in [5.41, 5.74) is 3.97. The highest BCUT2D eigenvalue weighted by atomic mass is 79.9. The van der Waals surface area contributed by atoms with E-state index in [9.17, 15) is 4.79 Å². The molecular formula is C19H13BrN2O2S. The quantitative estimate of drug-likeness (QED) is 0.456. The standard InChI is InChI=1S/C19H13BrN2O2S/c1-11-2-7-14-16(10-11)25-19(22-14)12-3-5-13(6-4-12)21-18(23)15-8-9-17(20)24-15/h2-10H,1H3,(H,21,23). The van der Waals surface area contributed by atoms with Gasteiger partial charge in [0.15, 0.2) is 10.4 Å². The fourth-order valence-corrected chi connectivity index (χ4v) is 3.86. The minimum atomic E-state index is -0.283. The van der Waals surface area contributed by atoms with Crippen molar-refractivity contribution >= 4 is 49.1 Å². The van der Waals surface area contributed by atoms with Crippen LogP contribution in [0, 0.1) is 6.92 Å². The SMILES string of the molecule is Cc1ccc2nc(-c3ccc(NC(=O)c4ccc(Br)o4)cc3)sc2c1. The van der Waals surface area contributed by atoms with E-state index in [1.807, 2.05) is 30.3 Å². The molecule has 1 amide bonds. The zero-order valence-corrected chi connectivity index (χ0v) is 15.6. The molecule has 4 aromatic rings. The van der Waals surface area contributed by atoms with E-state index in [2.05, 4.69) is 45.3 Å². The van der Waals surface area contributed by atoms with Crippen LogP contribution in [0.2, 0.25) is 0 Å². The molecule has 2 aromatic heterocycles. The smallest absolute Gasteiger partial charge is 0.291 e. The molecule has 0 radical (unpaired) electrons. The Morgan fingerprint density at radius 2 is 1.92 bits per heavy atom. The van der Waals surface area contributed by atoms with Crippen molar-refractivity contribution in [1.82, 2.24) is 4.98 Å². The zero-order chi connectivity index (χ0) is 17.4. The third-order valence-corrected chi connectivity index (χ3v) is 5.22. The third kappa shape index (κ3) is 3.36. The molecule has 0 aliphatic rings. The third-order valence-electron chi connectivity index (χ3n) is 3.73. The molecule has 6 heteroatoms. The summed E-state index contributed by atoms with van der Waals surface area (Å²) in [6.45, 7) is 2.08. The van der Waals surface area contributed by atoms with Crippen LogP contribution in [-0.4, -0.2) is 10.9 Å². The molecule has 0 fully saturated rings. The first-order chi connectivity index (χ1) is 12.1. The van der Waals surface area contributed by atoms with E-state index in [0.29, 0.717) is 10.4 Å². The van der Waals surface area contributed by atoms with E-state index in [1.54, 1.807) is 23.5 Å². The van der Waals surface area contributed by atoms with Gasteiger partial charge in [-0.2, -0.15) is 0 Å². The summed E-state index contributed by atoms with van der Waals surface area (Å²) >= 11 is 4.85. The van der Waals surface area contributed by atoms with Gasteiger partial charge in [-0.15, -0.1) is 11.3 Å². The maximum atomic E-state index is 12.1. The number of anilines is 1. The van der Waals surface area contributed by atoms with Gasteiger partial charge in [0.1, 0.15) is 5.01 Å². The number of hydrogen-bond acceptors (Lipinski definition) is 4. The Labute approximate surface area is 156 Å². The number of aryl methyl sites for hydroxylation is 1. The summed E-state index contributed by atoms with van der Waals surface area (Å²) in [5.74, 6) is -0.0218. The minimum Gasteiger partial charge on any atom is -0.444 e. The van der Waals surface area contributed by atoms with Crippen LogP contribution in [0.5, 0.6) is 0 Å². The van der Waals surface area contributed by atoms with Gasteiger partial charge < -0.3 is 9.73 Å². The van der Waals surface area contributed by atoms with E-state index < -0.39 is 0 Å². The first kappa shape index (κ1) is 16.1. The van der Waals surface area contributed by atoms with Gasteiger partial charge in [-0.25, -0.2) is 4.98 Å². The van der Waals surface area contributed by atoms with Crippen molar-refractivity contribution in [3.05, 3.63) is 70.6 Å². The summed E-state index contributed by atoms with van der Waals surface area (Å²) < 4.78 is 6.95. The molecule has 2 aromatic carbocycles. The number of aromatic nitrogens is 1. The average molecular weight is 413 g/mol. The van der Waals surface area contributed by atoms with E-state index in [1.165, 1.54) is 10.3 Å². The lowest BCUT2D eigenvalue weighted by Gasteiger charge is -2.04. The van der Waals surface area contributed by atoms with Crippen molar-refractivity contribution in [3.63, 3.8) is 0 Å². The second kappa shape index (κ2) is 6.46. The molecule has 124 valence electrons. The Morgan fingerprint density at radius 3 is 2.64 bits per heavy atom. The number of halogens is 1. The number of furan rings is 1. The van der Waals surface area contributed by atoms with E-state index >= 15 is 0 Å². The number of rotatable bonds is 3. The van der Waals surface area contributed by atoms with Crippen LogP contribution < -0.4 is 5.32 Å². The van der Waals surface area contributed by atoms with Gasteiger partial charge in [-0.1, -0.05) is 6.07 Å². The van der Waals surface area contributed by atoms with E-state index in [-0.39, 0.29) is 11.7 Å². The lowest BCUT2D eigenvalue weighted by molar-refractivity contribution is 0.0995. The molecule has 0 saturated carbocycles. The van der Waals surface area contributed by atoms with Gasteiger partial charge in [-0.3, -0.25) is 4.79 Å². The fourth-order valence-electron chi connectivity index (χ4n) is 2.48. The summed E-state index contributed by atoms with van der Waals surface area (Å²) in [6, 6.07) is 17.2. The van der Waals surface area contributed by atoms with E-state index in [0.717, 1.165) is 16.1 Å². The Balaban J connectivity index is 1.55. The molecule has 1 N–H and O–H groups in total. The van der Waals surface area contributed by atoms with Crippen LogP contribution in [-0.2, 0) is 0 Å². The maximum absolute atomic E-state index is 12.1. The molecule has 4 rings (SSSR count). The topological polar surface area (TPSA) is 55.1 Å². The largest absolute Gasteiger partial charge is 0.444 e. The lowest BCUT2D eigenvalue weighted by atomic mass is 10.2. The normalized spacial score (nSPS) is 11.0. The Kier molecular flexibility index (Phi) is 4.15. The number of nitrogens with zero attached hydrogens (tertiary/aromatic N) is 1. The molecule has 0 aliphatic heterocycles. The average Bonchev–Trinajstić information content (AvgIpc) is 3.21. The summed E-state index contributed by atoms with van der Waals surface area (Å²) in [5, 5.41) is 3.78. The van der Waals surface area contributed by atoms with Crippen LogP contribution in [0.4, 0.5) is 5.69 Å². The predicted octanol–water partition coefficient (Wildman–Crippen LogP) is 5.88. The number of benzene rings is 2. The van der Waals surface area contributed by atoms with Gasteiger partial charge in [0.2, 0.25) is 0 Å². The first-order valence-corrected chi connectivity index (χ1v) is 9.24. The zero-order valence-electron chi connectivity index (χ0n) is 13.2. The molecule has 0 spiro atoms. The molecule has 0 atom stereocenters. The van der Waals surface area contributed by atoms with Crippen LogP contribution >= 0.6 is 27.3 Å².